The Bertz CT molecular complexity index is 244. The molecule has 1 fully saturated rings. The number of aliphatic carboxylic acids is 1. The molecule has 0 aliphatic carbocycles. The summed E-state index contributed by atoms with van der Waals surface area (Å²) in [5.74, 6) is -0.526. The molecule has 1 heterocycles. The number of carboxylic acid groups (broad SMARTS) is 1. The van der Waals surface area contributed by atoms with E-state index in [2.05, 4.69) is 0 Å². The van der Waals surface area contributed by atoms with Gasteiger partial charge in [-0.1, -0.05) is 6.92 Å². The van der Waals surface area contributed by atoms with Gasteiger partial charge in [-0.15, -0.1) is 11.8 Å². The zero-order valence-corrected chi connectivity index (χ0v) is 9.21. The maximum atomic E-state index is 11.4. The summed E-state index contributed by atoms with van der Waals surface area (Å²) in [5.41, 5.74) is 0. The Hall–Kier alpha value is -0.710. The lowest BCUT2D eigenvalue weighted by Crippen LogP contribution is -2.25. The maximum absolute atomic E-state index is 11.4. The van der Waals surface area contributed by atoms with Crippen LogP contribution in [-0.2, 0) is 9.59 Å². The van der Waals surface area contributed by atoms with Crippen molar-refractivity contribution in [2.75, 3.05) is 19.3 Å². The van der Waals surface area contributed by atoms with Gasteiger partial charge in [0.2, 0.25) is 5.91 Å². The summed E-state index contributed by atoms with van der Waals surface area (Å²) in [6.45, 7) is 2.45. The van der Waals surface area contributed by atoms with Gasteiger partial charge in [-0.25, -0.2) is 0 Å². The minimum absolute atomic E-state index is 0.0261. The quantitative estimate of drug-likeness (QED) is 0.752. The van der Waals surface area contributed by atoms with Crippen LogP contribution in [0.1, 0.15) is 13.3 Å². The highest BCUT2D eigenvalue weighted by molar-refractivity contribution is 8.00. The molecule has 1 saturated heterocycles. The summed E-state index contributed by atoms with van der Waals surface area (Å²) in [7, 11) is 1.78. The lowest BCUT2D eigenvalue weighted by Gasteiger charge is -2.11. The summed E-state index contributed by atoms with van der Waals surface area (Å²) < 4.78 is 0. The van der Waals surface area contributed by atoms with Crippen molar-refractivity contribution in [2.24, 2.45) is 5.92 Å². The van der Waals surface area contributed by atoms with Crippen molar-refractivity contribution >= 4 is 23.6 Å². The van der Waals surface area contributed by atoms with Crippen LogP contribution in [0.3, 0.4) is 0 Å². The molecule has 0 bridgehead atoms. The molecule has 1 aliphatic heterocycles. The minimum Gasteiger partial charge on any atom is -0.481 e. The molecule has 1 amide bonds. The Morgan fingerprint density at radius 2 is 2.43 bits per heavy atom. The monoisotopic (exact) mass is 217 g/mol. The summed E-state index contributed by atoms with van der Waals surface area (Å²) in [6, 6.07) is 0. The largest absolute Gasteiger partial charge is 0.481 e. The molecule has 2 unspecified atom stereocenters. The molecule has 0 radical (unpaired) electrons. The van der Waals surface area contributed by atoms with Gasteiger partial charge in [0.1, 0.15) is 0 Å². The van der Waals surface area contributed by atoms with Crippen molar-refractivity contribution in [3.8, 4) is 0 Å². The number of likely N-dealkylation sites (tertiary alicyclic amines) is 1. The van der Waals surface area contributed by atoms with E-state index in [0.29, 0.717) is 5.75 Å². The molecular weight excluding hydrogens is 202 g/mol. The Kier molecular flexibility index (Phi) is 3.80. The van der Waals surface area contributed by atoms with Crippen molar-refractivity contribution in [1.29, 1.82) is 0 Å². The first-order chi connectivity index (χ1) is 6.52. The zero-order chi connectivity index (χ0) is 10.7. The molecule has 80 valence electrons. The molecule has 5 heteroatoms. The van der Waals surface area contributed by atoms with Crippen LogP contribution in [0.4, 0.5) is 0 Å². The number of hydrogen-bond donors (Lipinski definition) is 1. The predicted molar refractivity (Wildman–Crippen MR) is 55.3 cm³/mol. The van der Waals surface area contributed by atoms with Gasteiger partial charge < -0.3 is 10.0 Å². The smallest absolute Gasteiger partial charge is 0.307 e. The summed E-state index contributed by atoms with van der Waals surface area (Å²) in [4.78, 5) is 23.7. The number of carbonyl (C=O) groups excluding carboxylic acids is 1. The van der Waals surface area contributed by atoms with Crippen LogP contribution in [0.15, 0.2) is 0 Å². The minimum atomic E-state index is -0.795. The highest BCUT2D eigenvalue weighted by atomic mass is 32.2. The summed E-state index contributed by atoms with van der Waals surface area (Å²) in [5, 5.41) is 8.64. The van der Waals surface area contributed by atoms with Gasteiger partial charge in [0, 0.05) is 19.3 Å². The van der Waals surface area contributed by atoms with Gasteiger partial charge in [0.15, 0.2) is 0 Å². The lowest BCUT2D eigenvalue weighted by molar-refractivity contribution is -0.140. The maximum Gasteiger partial charge on any atom is 0.307 e. The van der Waals surface area contributed by atoms with E-state index < -0.39 is 5.97 Å². The van der Waals surface area contributed by atoms with Gasteiger partial charge in [-0.3, -0.25) is 9.59 Å². The molecule has 4 nitrogen and oxygen atoms in total. The molecule has 14 heavy (non-hydrogen) atoms. The zero-order valence-electron chi connectivity index (χ0n) is 8.40. The van der Waals surface area contributed by atoms with Gasteiger partial charge >= 0.3 is 5.97 Å². The summed E-state index contributed by atoms with van der Waals surface area (Å²) in [6.07, 6.45) is 0.840. The number of amides is 1. The fourth-order valence-corrected chi connectivity index (χ4v) is 2.53. The second kappa shape index (κ2) is 4.68. The molecule has 0 saturated carbocycles. The first kappa shape index (κ1) is 11.4. The molecule has 0 spiro atoms. The molecule has 0 aromatic carbocycles. The van der Waals surface area contributed by atoms with Crippen LogP contribution in [0.25, 0.3) is 0 Å². The average Bonchev–Trinajstić information content (AvgIpc) is 2.44. The van der Waals surface area contributed by atoms with E-state index in [9.17, 15) is 9.59 Å². The Morgan fingerprint density at radius 1 is 1.79 bits per heavy atom. The molecule has 1 rings (SSSR count). The Morgan fingerprint density at radius 3 is 2.86 bits per heavy atom. The van der Waals surface area contributed by atoms with Crippen LogP contribution >= 0.6 is 11.8 Å². The van der Waals surface area contributed by atoms with E-state index in [4.69, 9.17) is 5.11 Å². The van der Waals surface area contributed by atoms with E-state index in [-0.39, 0.29) is 17.1 Å². The Labute approximate surface area is 87.7 Å². The molecule has 0 aromatic heterocycles. The number of carboxylic acids is 1. The fraction of sp³-hybridized carbons (Fsp3) is 0.778. The number of thioether (sulfide) groups is 1. The highest BCUT2D eigenvalue weighted by Gasteiger charge is 2.30. The summed E-state index contributed by atoms with van der Waals surface area (Å²) >= 11 is 1.46. The van der Waals surface area contributed by atoms with Gasteiger partial charge in [0.25, 0.3) is 0 Å². The third kappa shape index (κ3) is 2.64. The Balaban J connectivity index is 2.32. The topological polar surface area (TPSA) is 57.6 Å². The van der Waals surface area contributed by atoms with E-state index >= 15 is 0 Å². The van der Waals surface area contributed by atoms with Crippen molar-refractivity contribution in [3.63, 3.8) is 0 Å². The number of nitrogens with zero attached hydrogens (tertiary/aromatic N) is 1. The molecule has 2 atom stereocenters. The second-order valence-corrected chi connectivity index (χ2v) is 4.85. The van der Waals surface area contributed by atoms with Crippen molar-refractivity contribution in [3.05, 3.63) is 0 Å². The van der Waals surface area contributed by atoms with Crippen LogP contribution in [0, 0.1) is 5.92 Å². The van der Waals surface area contributed by atoms with Crippen molar-refractivity contribution in [2.45, 2.75) is 18.6 Å². The second-order valence-electron chi connectivity index (χ2n) is 3.61. The molecule has 1 aliphatic rings. The van der Waals surface area contributed by atoms with Crippen LogP contribution in [-0.4, -0.2) is 46.5 Å². The average molecular weight is 217 g/mol. The number of carbonyl (C=O) groups is 2. The number of hydrogen-bond acceptors (Lipinski definition) is 3. The fourth-order valence-electron chi connectivity index (χ4n) is 1.28. The van der Waals surface area contributed by atoms with E-state index in [0.717, 1.165) is 13.0 Å². The highest BCUT2D eigenvalue weighted by Crippen LogP contribution is 2.24. The van der Waals surface area contributed by atoms with Crippen molar-refractivity contribution in [1.82, 2.24) is 4.90 Å². The molecular formula is C9H15NO3S. The SMILES string of the molecule is CC(CSC1CCN(C)C1=O)C(=O)O. The standard InChI is InChI=1S/C9H15NO3S/c1-6(9(12)13)5-14-7-3-4-10(2)8(7)11/h6-7H,3-5H2,1-2H3,(H,12,13). The van der Waals surface area contributed by atoms with Crippen molar-refractivity contribution < 1.29 is 14.7 Å². The van der Waals surface area contributed by atoms with Gasteiger partial charge in [-0.2, -0.15) is 0 Å². The predicted octanol–water partition coefficient (Wildman–Crippen LogP) is 0.671. The third-order valence-corrected chi connectivity index (χ3v) is 3.88. The first-order valence-electron chi connectivity index (χ1n) is 4.61. The number of rotatable bonds is 4. The lowest BCUT2D eigenvalue weighted by atomic mass is 10.2. The third-order valence-electron chi connectivity index (χ3n) is 2.35. The van der Waals surface area contributed by atoms with Crippen LogP contribution in [0.2, 0.25) is 0 Å². The van der Waals surface area contributed by atoms with E-state index in [1.54, 1.807) is 18.9 Å². The van der Waals surface area contributed by atoms with Crippen LogP contribution < -0.4 is 0 Å². The molecule has 1 N–H and O–H groups in total. The first-order valence-corrected chi connectivity index (χ1v) is 5.66. The molecule has 0 aromatic rings. The van der Waals surface area contributed by atoms with E-state index in [1.165, 1.54) is 11.8 Å². The normalized spacial score (nSPS) is 24.0. The van der Waals surface area contributed by atoms with Crippen LogP contribution in [0.5, 0.6) is 0 Å². The van der Waals surface area contributed by atoms with Gasteiger partial charge in [-0.05, 0) is 6.42 Å². The van der Waals surface area contributed by atoms with Gasteiger partial charge in [0.05, 0.1) is 11.2 Å². The van der Waals surface area contributed by atoms with E-state index in [1.807, 2.05) is 0 Å².